The van der Waals surface area contributed by atoms with E-state index in [1.165, 1.54) is 4.90 Å². The summed E-state index contributed by atoms with van der Waals surface area (Å²) in [7, 11) is 0. The first kappa shape index (κ1) is 9.01. The maximum Gasteiger partial charge on any atom is 0.411 e. The summed E-state index contributed by atoms with van der Waals surface area (Å²) in [5.41, 5.74) is 0.990. The van der Waals surface area contributed by atoms with Gasteiger partial charge in [0.25, 0.3) is 0 Å². The third-order valence-electron chi connectivity index (χ3n) is 1.00. The van der Waals surface area contributed by atoms with Crippen molar-refractivity contribution >= 4 is 6.09 Å². The second kappa shape index (κ2) is 3.93. The number of carbonyl (C=O) groups is 1. The molecule has 0 spiro atoms. The van der Waals surface area contributed by atoms with E-state index in [-0.39, 0.29) is 0 Å². The van der Waals surface area contributed by atoms with Gasteiger partial charge in [-0.15, -0.1) is 0 Å². The molecule has 0 saturated heterocycles. The van der Waals surface area contributed by atoms with Crippen LogP contribution in [-0.2, 0) is 0 Å². The normalized spacial score (nSPS) is 8.70. The van der Waals surface area contributed by atoms with E-state index in [0.29, 0.717) is 6.54 Å². The highest BCUT2D eigenvalue weighted by Crippen LogP contribution is 1.95. The van der Waals surface area contributed by atoms with Crippen LogP contribution in [0, 0.1) is 0 Å². The van der Waals surface area contributed by atoms with Crippen LogP contribution >= 0.6 is 0 Å². The molecule has 0 aromatic rings. The minimum atomic E-state index is -0.899. The molecular formula is C7H13NO2. The molecule has 0 aliphatic rings. The monoisotopic (exact) mass is 143 g/mol. The molecule has 0 fully saturated rings. The molecule has 0 heterocycles. The fourth-order valence-electron chi connectivity index (χ4n) is 0.593. The zero-order valence-electron chi connectivity index (χ0n) is 6.59. The fraction of sp³-hybridized carbons (Fsp3) is 0.571. The predicted octanol–water partition coefficient (Wildman–Crippen LogP) is 1.91. The van der Waals surface area contributed by atoms with Gasteiger partial charge in [-0.25, -0.2) is 4.79 Å². The molecule has 0 atom stereocenters. The zero-order chi connectivity index (χ0) is 8.15. The Hall–Kier alpha value is -0.990. The van der Waals surface area contributed by atoms with Gasteiger partial charge < -0.3 is 5.11 Å². The average molecular weight is 143 g/mol. The quantitative estimate of drug-likeness (QED) is 0.641. The Bertz CT molecular complexity index is 148. The van der Waals surface area contributed by atoms with Crippen molar-refractivity contribution in [1.82, 2.24) is 4.90 Å². The summed E-state index contributed by atoms with van der Waals surface area (Å²) >= 11 is 0. The number of amides is 1. The summed E-state index contributed by atoms with van der Waals surface area (Å²) in [6, 6.07) is 0. The van der Waals surface area contributed by atoms with Crippen LogP contribution in [0.15, 0.2) is 11.8 Å². The van der Waals surface area contributed by atoms with Crippen molar-refractivity contribution in [3.05, 3.63) is 11.8 Å². The molecule has 10 heavy (non-hydrogen) atoms. The lowest BCUT2D eigenvalue weighted by molar-refractivity contribution is 0.164. The van der Waals surface area contributed by atoms with Crippen LogP contribution in [0.3, 0.4) is 0 Å². The maximum absolute atomic E-state index is 10.3. The molecule has 0 aromatic carbocycles. The number of carboxylic acid groups (broad SMARTS) is 1. The van der Waals surface area contributed by atoms with Crippen LogP contribution in [0.4, 0.5) is 4.79 Å². The molecule has 58 valence electrons. The van der Waals surface area contributed by atoms with Gasteiger partial charge in [0.15, 0.2) is 0 Å². The van der Waals surface area contributed by atoms with Gasteiger partial charge in [0.05, 0.1) is 0 Å². The molecule has 0 aliphatic carbocycles. The molecule has 1 N–H and O–H groups in total. The van der Waals surface area contributed by atoms with E-state index in [4.69, 9.17) is 5.11 Å². The van der Waals surface area contributed by atoms with Crippen molar-refractivity contribution in [2.75, 3.05) is 6.54 Å². The van der Waals surface area contributed by atoms with Crippen LogP contribution in [0.2, 0.25) is 0 Å². The SMILES string of the molecule is CCN(C=C(C)C)C(=O)O. The third-order valence-corrected chi connectivity index (χ3v) is 1.00. The van der Waals surface area contributed by atoms with Crippen molar-refractivity contribution in [2.24, 2.45) is 0 Å². The average Bonchev–Trinajstić information content (AvgIpc) is 1.81. The Balaban J connectivity index is 4.09. The van der Waals surface area contributed by atoms with E-state index in [0.717, 1.165) is 5.57 Å². The minimum absolute atomic E-state index is 0.501. The fourth-order valence-corrected chi connectivity index (χ4v) is 0.593. The molecule has 3 nitrogen and oxygen atoms in total. The highest BCUT2D eigenvalue weighted by molar-refractivity contribution is 5.66. The summed E-state index contributed by atoms with van der Waals surface area (Å²) in [4.78, 5) is 11.6. The molecule has 0 radical (unpaired) electrons. The molecule has 0 unspecified atom stereocenters. The molecule has 0 rings (SSSR count). The summed E-state index contributed by atoms with van der Waals surface area (Å²) in [6.07, 6.45) is 0.714. The summed E-state index contributed by atoms with van der Waals surface area (Å²) in [6.45, 7) is 6.03. The molecule has 0 aliphatic heterocycles. The molecule has 0 saturated carbocycles. The predicted molar refractivity (Wildman–Crippen MR) is 39.8 cm³/mol. The first-order valence-electron chi connectivity index (χ1n) is 3.22. The lowest BCUT2D eigenvalue weighted by Gasteiger charge is -2.11. The summed E-state index contributed by atoms with van der Waals surface area (Å²) in [5, 5.41) is 8.50. The van der Waals surface area contributed by atoms with Crippen molar-refractivity contribution in [3.63, 3.8) is 0 Å². The Kier molecular flexibility index (Phi) is 3.54. The van der Waals surface area contributed by atoms with Gasteiger partial charge in [-0.2, -0.15) is 0 Å². The minimum Gasteiger partial charge on any atom is -0.465 e. The van der Waals surface area contributed by atoms with Crippen LogP contribution < -0.4 is 0 Å². The van der Waals surface area contributed by atoms with E-state index in [1.807, 2.05) is 13.8 Å². The summed E-state index contributed by atoms with van der Waals surface area (Å²) in [5.74, 6) is 0. The highest BCUT2D eigenvalue weighted by Gasteiger charge is 2.03. The Morgan fingerprint density at radius 2 is 2.10 bits per heavy atom. The Labute approximate surface area is 61.0 Å². The first-order chi connectivity index (χ1) is 4.57. The number of nitrogens with zero attached hydrogens (tertiary/aromatic N) is 1. The molecule has 1 amide bonds. The third kappa shape index (κ3) is 3.12. The van der Waals surface area contributed by atoms with E-state index in [1.54, 1.807) is 13.1 Å². The lowest BCUT2D eigenvalue weighted by Crippen LogP contribution is -2.23. The van der Waals surface area contributed by atoms with Gasteiger partial charge in [0, 0.05) is 12.7 Å². The second-order valence-electron chi connectivity index (χ2n) is 2.28. The van der Waals surface area contributed by atoms with Gasteiger partial charge in [0.2, 0.25) is 0 Å². The molecule has 0 bridgehead atoms. The smallest absolute Gasteiger partial charge is 0.411 e. The van der Waals surface area contributed by atoms with Crippen LogP contribution in [-0.4, -0.2) is 22.6 Å². The molecule has 3 heteroatoms. The van der Waals surface area contributed by atoms with Crippen LogP contribution in [0.5, 0.6) is 0 Å². The van der Waals surface area contributed by atoms with Crippen molar-refractivity contribution in [1.29, 1.82) is 0 Å². The standard InChI is InChI=1S/C7H13NO2/c1-4-8(7(9)10)5-6(2)3/h5H,4H2,1-3H3,(H,9,10). The topological polar surface area (TPSA) is 40.5 Å². The van der Waals surface area contributed by atoms with Gasteiger partial charge in [-0.3, -0.25) is 4.90 Å². The van der Waals surface area contributed by atoms with Crippen molar-refractivity contribution < 1.29 is 9.90 Å². The summed E-state index contributed by atoms with van der Waals surface area (Å²) < 4.78 is 0. The Morgan fingerprint density at radius 1 is 1.60 bits per heavy atom. The van der Waals surface area contributed by atoms with E-state index in [2.05, 4.69) is 0 Å². The largest absolute Gasteiger partial charge is 0.465 e. The first-order valence-corrected chi connectivity index (χ1v) is 3.22. The second-order valence-corrected chi connectivity index (χ2v) is 2.28. The van der Waals surface area contributed by atoms with Crippen LogP contribution in [0.1, 0.15) is 20.8 Å². The van der Waals surface area contributed by atoms with E-state index in [9.17, 15) is 4.79 Å². The molecular weight excluding hydrogens is 130 g/mol. The zero-order valence-corrected chi connectivity index (χ0v) is 6.59. The lowest BCUT2D eigenvalue weighted by atomic mass is 10.4. The van der Waals surface area contributed by atoms with Crippen LogP contribution in [0.25, 0.3) is 0 Å². The van der Waals surface area contributed by atoms with Gasteiger partial charge in [-0.1, -0.05) is 5.57 Å². The van der Waals surface area contributed by atoms with Gasteiger partial charge >= 0.3 is 6.09 Å². The Morgan fingerprint density at radius 3 is 2.20 bits per heavy atom. The highest BCUT2D eigenvalue weighted by atomic mass is 16.4. The van der Waals surface area contributed by atoms with Crippen molar-refractivity contribution in [2.45, 2.75) is 20.8 Å². The maximum atomic E-state index is 10.3. The van der Waals surface area contributed by atoms with E-state index >= 15 is 0 Å². The molecule has 0 aromatic heterocycles. The van der Waals surface area contributed by atoms with Gasteiger partial charge in [0.1, 0.15) is 0 Å². The van der Waals surface area contributed by atoms with E-state index < -0.39 is 6.09 Å². The number of rotatable bonds is 2. The number of allylic oxidation sites excluding steroid dienone is 1. The number of hydrogen-bond acceptors (Lipinski definition) is 1. The van der Waals surface area contributed by atoms with Crippen molar-refractivity contribution in [3.8, 4) is 0 Å². The number of hydrogen-bond donors (Lipinski definition) is 1. The van der Waals surface area contributed by atoms with Gasteiger partial charge in [-0.05, 0) is 20.8 Å².